The lowest BCUT2D eigenvalue weighted by Gasteiger charge is -2.26. The summed E-state index contributed by atoms with van der Waals surface area (Å²) < 4.78 is 39.5. The number of aliphatic hydroxyl groups is 1. The monoisotopic (exact) mass is 488 g/mol. The lowest BCUT2D eigenvalue weighted by atomic mass is 9.89. The molecule has 1 N–H and O–H groups in total. The minimum absolute atomic E-state index is 0.222. The fourth-order valence-corrected chi connectivity index (χ4v) is 4.30. The molecule has 0 radical (unpaired) electrons. The van der Waals surface area contributed by atoms with Gasteiger partial charge in [-0.15, -0.1) is 0 Å². The van der Waals surface area contributed by atoms with Gasteiger partial charge in [0, 0.05) is 17.9 Å². The van der Waals surface area contributed by atoms with E-state index in [4.69, 9.17) is 13.3 Å². The second-order valence-corrected chi connectivity index (χ2v) is 11.6. The van der Waals surface area contributed by atoms with Crippen LogP contribution in [-0.4, -0.2) is 32.5 Å². The van der Waals surface area contributed by atoms with E-state index >= 15 is 0 Å². The second-order valence-electron chi connectivity index (χ2n) is 10.1. The van der Waals surface area contributed by atoms with E-state index in [1.54, 1.807) is 18.2 Å². The molecule has 2 atom stereocenters. The predicted octanol–water partition coefficient (Wildman–Crippen LogP) is 5.99. The summed E-state index contributed by atoms with van der Waals surface area (Å²) in [6.07, 6.45) is 3.17. The Labute approximate surface area is 203 Å². The highest BCUT2D eigenvalue weighted by atomic mass is 32.2. The zero-order chi connectivity index (χ0) is 25.1. The van der Waals surface area contributed by atoms with Crippen LogP contribution in [0.4, 0.5) is 0 Å². The van der Waals surface area contributed by atoms with Crippen LogP contribution in [-0.2, 0) is 16.5 Å². The minimum Gasteiger partial charge on any atom is -0.491 e. The number of rotatable bonds is 10. The van der Waals surface area contributed by atoms with Gasteiger partial charge in [-0.2, -0.15) is 8.42 Å². The molecule has 6 nitrogen and oxygen atoms in total. The largest absolute Gasteiger partial charge is 0.491 e. The van der Waals surface area contributed by atoms with Gasteiger partial charge < -0.3 is 18.4 Å². The van der Waals surface area contributed by atoms with Crippen molar-refractivity contribution in [2.24, 2.45) is 5.41 Å². The second kappa shape index (κ2) is 10.4. The van der Waals surface area contributed by atoms with Crippen molar-refractivity contribution in [2.75, 3.05) is 12.9 Å². The van der Waals surface area contributed by atoms with Gasteiger partial charge in [-0.05, 0) is 66.5 Å². The van der Waals surface area contributed by atoms with Crippen LogP contribution in [0, 0.1) is 12.3 Å². The molecule has 1 heterocycles. The van der Waals surface area contributed by atoms with Crippen molar-refractivity contribution in [3.05, 3.63) is 59.4 Å². The Morgan fingerprint density at radius 3 is 2.44 bits per heavy atom. The van der Waals surface area contributed by atoms with E-state index < -0.39 is 16.2 Å². The van der Waals surface area contributed by atoms with Gasteiger partial charge >= 0.3 is 10.1 Å². The maximum Gasteiger partial charge on any atom is 0.306 e. The molecular formula is C27H36O6S. The van der Waals surface area contributed by atoms with Crippen LogP contribution in [0.25, 0.3) is 11.0 Å². The number of hydrogen-bond acceptors (Lipinski definition) is 6. The van der Waals surface area contributed by atoms with Gasteiger partial charge in [0.15, 0.2) is 0 Å². The molecule has 0 fully saturated rings. The van der Waals surface area contributed by atoms with E-state index in [-0.39, 0.29) is 17.8 Å². The maximum absolute atomic E-state index is 11.4. The number of fused-ring (bicyclic) bond motifs is 1. The third kappa shape index (κ3) is 7.00. The molecule has 2 aromatic carbocycles. The third-order valence-electron chi connectivity index (χ3n) is 6.09. The van der Waals surface area contributed by atoms with Crippen LogP contribution in [0.2, 0.25) is 0 Å². The Hall–Kier alpha value is -2.51. The lowest BCUT2D eigenvalue weighted by molar-refractivity contribution is 0.0216. The molecule has 0 bridgehead atoms. The van der Waals surface area contributed by atoms with Gasteiger partial charge in [-0.25, -0.2) is 0 Å². The van der Waals surface area contributed by atoms with Crippen LogP contribution >= 0.6 is 0 Å². The highest BCUT2D eigenvalue weighted by Gasteiger charge is 2.23. The normalized spacial score (nSPS) is 14.2. The summed E-state index contributed by atoms with van der Waals surface area (Å²) in [5.74, 6) is 2.27. The first-order chi connectivity index (χ1) is 15.9. The number of aliphatic hydroxyl groups excluding tert-OH is 1. The van der Waals surface area contributed by atoms with Gasteiger partial charge in [-0.1, -0.05) is 39.8 Å². The van der Waals surface area contributed by atoms with Gasteiger partial charge in [0.25, 0.3) is 0 Å². The van der Waals surface area contributed by atoms with Crippen molar-refractivity contribution < 1.29 is 26.9 Å². The molecule has 0 saturated carbocycles. The Kier molecular flexibility index (Phi) is 7.98. The zero-order valence-electron chi connectivity index (χ0n) is 20.9. The first-order valence-electron chi connectivity index (χ1n) is 11.7. The lowest BCUT2D eigenvalue weighted by Crippen LogP contribution is -2.32. The number of aryl methyl sites for hydroxylation is 2. The Morgan fingerprint density at radius 1 is 1.09 bits per heavy atom. The fraction of sp³-hybridized carbons (Fsp3) is 0.481. The first kappa shape index (κ1) is 26.1. The molecule has 1 aromatic heterocycles. The average molecular weight is 489 g/mol. The van der Waals surface area contributed by atoms with Crippen LogP contribution in [0.15, 0.2) is 46.9 Å². The van der Waals surface area contributed by atoms with Crippen LogP contribution in [0.1, 0.15) is 63.3 Å². The molecule has 186 valence electrons. The van der Waals surface area contributed by atoms with E-state index in [1.807, 2.05) is 39.8 Å². The Bertz CT molecular complexity index is 1220. The summed E-state index contributed by atoms with van der Waals surface area (Å²) in [4.78, 5) is 0. The molecule has 0 spiro atoms. The summed E-state index contributed by atoms with van der Waals surface area (Å²) in [7, 11) is -3.58. The topological polar surface area (TPSA) is 86.0 Å². The van der Waals surface area contributed by atoms with E-state index in [0.29, 0.717) is 11.5 Å². The van der Waals surface area contributed by atoms with Crippen LogP contribution in [0.3, 0.4) is 0 Å². The molecule has 0 aliphatic heterocycles. The van der Waals surface area contributed by atoms with Gasteiger partial charge in [-0.3, -0.25) is 0 Å². The van der Waals surface area contributed by atoms with Gasteiger partial charge in [0.1, 0.15) is 29.4 Å². The summed E-state index contributed by atoms with van der Waals surface area (Å²) in [5, 5.41) is 11.2. The molecule has 0 aliphatic carbocycles. The summed E-state index contributed by atoms with van der Waals surface area (Å²) >= 11 is 0. The summed E-state index contributed by atoms with van der Waals surface area (Å²) in [6.45, 7) is 10.5. The number of furan rings is 1. The molecule has 0 saturated heterocycles. The zero-order valence-corrected chi connectivity index (χ0v) is 21.7. The van der Waals surface area contributed by atoms with Gasteiger partial charge in [0.2, 0.25) is 0 Å². The molecule has 7 heteroatoms. The quantitative estimate of drug-likeness (QED) is 0.353. The van der Waals surface area contributed by atoms with Crippen molar-refractivity contribution in [2.45, 2.75) is 65.9 Å². The number of ether oxygens (including phenoxy) is 1. The van der Waals surface area contributed by atoms with E-state index in [0.717, 1.165) is 48.0 Å². The smallest absolute Gasteiger partial charge is 0.306 e. The number of hydrogen-bond donors (Lipinski definition) is 1. The molecule has 0 amide bonds. The van der Waals surface area contributed by atoms with Crippen LogP contribution < -0.4 is 8.92 Å². The first-order valence-corrected chi connectivity index (χ1v) is 13.5. The highest BCUT2D eigenvalue weighted by Crippen LogP contribution is 2.31. The summed E-state index contributed by atoms with van der Waals surface area (Å²) in [6, 6.07) is 13.3. The van der Waals surface area contributed by atoms with Crippen molar-refractivity contribution in [3.8, 4) is 11.5 Å². The predicted molar refractivity (Wildman–Crippen MR) is 135 cm³/mol. The van der Waals surface area contributed by atoms with Crippen LogP contribution in [0.5, 0.6) is 11.5 Å². The molecule has 3 aromatic rings. The van der Waals surface area contributed by atoms with Crippen molar-refractivity contribution in [1.29, 1.82) is 0 Å². The number of benzene rings is 2. The highest BCUT2D eigenvalue weighted by molar-refractivity contribution is 7.86. The molecule has 3 rings (SSSR count). The maximum atomic E-state index is 11.4. The van der Waals surface area contributed by atoms with E-state index in [9.17, 15) is 13.5 Å². The van der Waals surface area contributed by atoms with E-state index in [1.165, 1.54) is 5.56 Å². The molecule has 2 unspecified atom stereocenters. The van der Waals surface area contributed by atoms with Gasteiger partial charge in [0.05, 0.1) is 12.4 Å². The SMILES string of the molecule is CCC(CCc1cc2ccc(OS(C)(=O)=O)cc2o1)c1ccc(OCC(O)C(C)(C)C)c(C)c1. The minimum atomic E-state index is -3.58. The standard InChI is InChI=1S/C27H36O6S/c1-7-19(20-10-13-24(18(2)14-20)31-17-26(28)27(3,4)5)8-11-22-15-21-9-12-23(16-25(21)32-22)33-34(6,29)30/h9-10,12-16,19,26,28H,7-8,11,17H2,1-6H3. The van der Waals surface area contributed by atoms with Crippen molar-refractivity contribution >= 4 is 21.1 Å². The third-order valence-corrected chi connectivity index (χ3v) is 6.58. The molecule has 34 heavy (non-hydrogen) atoms. The molecular weight excluding hydrogens is 452 g/mol. The fourth-order valence-electron chi connectivity index (χ4n) is 3.85. The van der Waals surface area contributed by atoms with Crippen molar-refractivity contribution in [3.63, 3.8) is 0 Å². The Morgan fingerprint density at radius 2 is 1.82 bits per heavy atom. The summed E-state index contributed by atoms with van der Waals surface area (Å²) in [5.41, 5.74) is 2.70. The average Bonchev–Trinajstić information content (AvgIpc) is 3.13. The molecule has 0 aliphatic rings. The van der Waals surface area contributed by atoms with Crippen molar-refractivity contribution in [1.82, 2.24) is 0 Å². The Balaban J connectivity index is 1.65. The van der Waals surface area contributed by atoms with E-state index in [2.05, 4.69) is 19.1 Å².